The standard InChI is InChI=1S/C16H20O2/c1-3-5-12-6-9-15-13(10-12)7-8-14(15)11-16(17)18-4-2/h6-10,14H,3-5,11H2,1-2H3. The van der Waals surface area contributed by atoms with Crippen molar-refractivity contribution >= 4 is 12.0 Å². The van der Waals surface area contributed by atoms with E-state index in [1.54, 1.807) is 0 Å². The minimum atomic E-state index is -0.113. The van der Waals surface area contributed by atoms with E-state index in [1.807, 2.05) is 6.92 Å². The number of aryl methyl sites for hydroxylation is 1. The first kappa shape index (κ1) is 12.9. The Morgan fingerprint density at radius 2 is 2.17 bits per heavy atom. The smallest absolute Gasteiger partial charge is 0.306 e. The zero-order valence-corrected chi connectivity index (χ0v) is 11.1. The summed E-state index contributed by atoms with van der Waals surface area (Å²) in [5, 5.41) is 0. The topological polar surface area (TPSA) is 26.3 Å². The van der Waals surface area contributed by atoms with Gasteiger partial charge in [-0.25, -0.2) is 0 Å². The molecule has 1 unspecified atom stereocenters. The molecule has 0 fully saturated rings. The number of ether oxygens (including phenoxy) is 1. The summed E-state index contributed by atoms with van der Waals surface area (Å²) in [5.74, 6) is 0.0763. The number of fused-ring (bicyclic) bond motifs is 1. The second-order valence-corrected chi connectivity index (χ2v) is 4.69. The van der Waals surface area contributed by atoms with Crippen LogP contribution in [0.1, 0.15) is 49.3 Å². The molecule has 0 bridgehead atoms. The SMILES string of the molecule is CCCc1ccc2c(c1)C=CC2CC(=O)OCC. The molecule has 0 heterocycles. The second kappa shape index (κ2) is 5.85. The molecule has 1 aliphatic carbocycles. The molecule has 0 aromatic heterocycles. The van der Waals surface area contributed by atoms with Crippen molar-refractivity contribution in [2.75, 3.05) is 6.61 Å². The van der Waals surface area contributed by atoms with Gasteiger partial charge in [0.15, 0.2) is 0 Å². The van der Waals surface area contributed by atoms with Gasteiger partial charge in [0.2, 0.25) is 0 Å². The summed E-state index contributed by atoms with van der Waals surface area (Å²) in [6.07, 6.45) is 6.96. The van der Waals surface area contributed by atoms with Gasteiger partial charge in [0.1, 0.15) is 0 Å². The third kappa shape index (κ3) is 2.81. The van der Waals surface area contributed by atoms with Crippen LogP contribution in [0.2, 0.25) is 0 Å². The van der Waals surface area contributed by atoms with Crippen LogP contribution in [-0.2, 0) is 16.0 Å². The van der Waals surface area contributed by atoms with Gasteiger partial charge in [-0.1, -0.05) is 43.7 Å². The van der Waals surface area contributed by atoms with Crippen molar-refractivity contribution in [3.05, 3.63) is 41.0 Å². The molecule has 0 radical (unpaired) electrons. The van der Waals surface area contributed by atoms with Gasteiger partial charge in [0.05, 0.1) is 13.0 Å². The highest BCUT2D eigenvalue weighted by Gasteiger charge is 2.20. The van der Waals surface area contributed by atoms with Gasteiger partial charge in [-0.3, -0.25) is 4.79 Å². The van der Waals surface area contributed by atoms with Gasteiger partial charge in [-0.15, -0.1) is 0 Å². The molecule has 2 rings (SSSR count). The number of carbonyl (C=O) groups excluding carboxylic acids is 1. The number of benzene rings is 1. The van der Waals surface area contributed by atoms with Gasteiger partial charge in [-0.2, -0.15) is 0 Å². The summed E-state index contributed by atoms with van der Waals surface area (Å²) < 4.78 is 5.01. The molecule has 0 saturated carbocycles. The summed E-state index contributed by atoms with van der Waals surface area (Å²) in [5.41, 5.74) is 3.89. The van der Waals surface area contributed by atoms with E-state index in [0.717, 1.165) is 12.8 Å². The molecule has 0 saturated heterocycles. The van der Waals surface area contributed by atoms with Crippen molar-refractivity contribution in [3.8, 4) is 0 Å². The predicted molar refractivity (Wildman–Crippen MR) is 73.5 cm³/mol. The minimum Gasteiger partial charge on any atom is -0.466 e. The molecule has 0 N–H and O–H groups in total. The molecule has 96 valence electrons. The van der Waals surface area contributed by atoms with Crippen LogP contribution in [0.25, 0.3) is 6.08 Å². The Bertz CT molecular complexity index is 460. The van der Waals surface area contributed by atoms with E-state index in [-0.39, 0.29) is 11.9 Å². The van der Waals surface area contributed by atoms with Gasteiger partial charge >= 0.3 is 5.97 Å². The molecule has 0 aliphatic heterocycles. The van der Waals surface area contributed by atoms with Gasteiger partial charge in [0.25, 0.3) is 0 Å². The number of allylic oxidation sites excluding steroid dienone is 1. The summed E-state index contributed by atoms with van der Waals surface area (Å²) in [4.78, 5) is 11.5. The number of hydrogen-bond acceptors (Lipinski definition) is 2. The molecular formula is C16H20O2. The molecule has 0 amide bonds. The minimum absolute atomic E-state index is 0.113. The Kier molecular flexibility index (Phi) is 4.19. The highest BCUT2D eigenvalue weighted by atomic mass is 16.5. The maximum atomic E-state index is 11.5. The van der Waals surface area contributed by atoms with Crippen LogP contribution in [0.5, 0.6) is 0 Å². The highest BCUT2D eigenvalue weighted by molar-refractivity contribution is 5.74. The molecule has 2 heteroatoms. The fourth-order valence-electron chi connectivity index (χ4n) is 2.45. The van der Waals surface area contributed by atoms with Crippen LogP contribution >= 0.6 is 0 Å². The molecule has 0 spiro atoms. The fraction of sp³-hybridized carbons (Fsp3) is 0.438. The van der Waals surface area contributed by atoms with E-state index < -0.39 is 0 Å². The molecule has 18 heavy (non-hydrogen) atoms. The lowest BCUT2D eigenvalue weighted by atomic mass is 9.95. The first-order valence-electron chi connectivity index (χ1n) is 6.71. The lowest BCUT2D eigenvalue weighted by Crippen LogP contribution is -2.08. The van der Waals surface area contributed by atoms with Crippen molar-refractivity contribution in [2.45, 2.75) is 39.0 Å². The van der Waals surface area contributed by atoms with Gasteiger partial charge < -0.3 is 4.74 Å². The van der Waals surface area contributed by atoms with Crippen molar-refractivity contribution in [2.24, 2.45) is 0 Å². The first-order valence-corrected chi connectivity index (χ1v) is 6.71. The first-order chi connectivity index (χ1) is 8.74. The monoisotopic (exact) mass is 244 g/mol. The Labute approximate surface area is 109 Å². The largest absolute Gasteiger partial charge is 0.466 e. The van der Waals surface area contributed by atoms with Crippen LogP contribution in [0.3, 0.4) is 0 Å². The third-order valence-electron chi connectivity index (χ3n) is 3.29. The van der Waals surface area contributed by atoms with Crippen LogP contribution in [0, 0.1) is 0 Å². The van der Waals surface area contributed by atoms with Crippen molar-refractivity contribution < 1.29 is 9.53 Å². The summed E-state index contributed by atoms with van der Waals surface area (Å²) >= 11 is 0. The number of rotatable bonds is 5. The molecular weight excluding hydrogens is 224 g/mol. The summed E-state index contributed by atoms with van der Waals surface area (Å²) in [7, 11) is 0. The van der Waals surface area contributed by atoms with E-state index in [4.69, 9.17) is 4.74 Å². The van der Waals surface area contributed by atoms with E-state index in [0.29, 0.717) is 13.0 Å². The molecule has 1 aromatic rings. The normalized spacial score (nSPS) is 16.7. The average Bonchev–Trinajstić information content (AvgIpc) is 2.73. The van der Waals surface area contributed by atoms with Crippen molar-refractivity contribution in [3.63, 3.8) is 0 Å². The zero-order valence-electron chi connectivity index (χ0n) is 11.1. The molecule has 1 aliphatic rings. The predicted octanol–water partition coefficient (Wildman–Crippen LogP) is 3.70. The third-order valence-corrected chi connectivity index (χ3v) is 3.29. The van der Waals surface area contributed by atoms with E-state index in [9.17, 15) is 4.79 Å². The van der Waals surface area contributed by atoms with E-state index in [2.05, 4.69) is 37.3 Å². The fourth-order valence-corrected chi connectivity index (χ4v) is 2.45. The van der Waals surface area contributed by atoms with E-state index >= 15 is 0 Å². The quantitative estimate of drug-likeness (QED) is 0.738. The Hall–Kier alpha value is -1.57. The van der Waals surface area contributed by atoms with Crippen LogP contribution < -0.4 is 0 Å². The molecule has 1 atom stereocenters. The summed E-state index contributed by atoms with van der Waals surface area (Å²) in [6.45, 7) is 4.48. The van der Waals surface area contributed by atoms with Crippen molar-refractivity contribution in [1.29, 1.82) is 0 Å². The Morgan fingerprint density at radius 3 is 2.89 bits per heavy atom. The lowest BCUT2D eigenvalue weighted by Gasteiger charge is -2.11. The van der Waals surface area contributed by atoms with Crippen LogP contribution in [0.15, 0.2) is 24.3 Å². The average molecular weight is 244 g/mol. The summed E-state index contributed by atoms with van der Waals surface area (Å²) in [6, 6.07) is 6.57. The maximum absolute atomic E-state index is 11.5. The Morgan fingerprint density at radius 1 is 1.33 bits per heavy atom. The number of esters is 1. The molecule has 1 aromatic carbocycles. The van der Waals surface area contributed by atoms with Gasteiger partial charge in [0, 0.05) is 5.92 Å². The number of carbonyl (C=O) groups is 1. The maximum Gasteiger partial charge on any atom is 0.306 e. The Balaban J connectivity index is 2.09. The van der Waals surface area contributed by atoms with Crippen molar-refractivity contribution in [1.82, 2.24) is 0 Å². The van der Waals surface area contributed by atoms with Gasteiger partial charge in [-0.05, 0) is 30.0 Å². The van der Waals surface area contributed by atoms with E-state index in [1.165, 1.54) is 16.7 Å². The lowest BCUT2D eigenvalue weighted by molar-refractivity contribution is -0.143. The molecule has 2 nitrogen and oxygen atoms in total. The van der Waals surface area contributed by atoms with Crippen LogP contribution in [-0.4, -0.2) is 12.6 Å². The van der Waals surface area contributed by atoms with Crippen LogP contribution in [0.4, 0.5) is 0 Å². The zero-order chi connectivity index (χ0) is 13.0. The number of hydrogen-bond donors (Lipinski definition) is 0. The highest BCUT2D eigenvalue weighted by Crippen LogP contribution is 2.33. The second-order valence-electron chi connectivity index (χ2n) is 4.69.